The van der Waals surface area contributed by atoms with Crippen molar-refractivity contribution in [1.82, 2.24) is 14.5 Å². The van der Waals surface area contributed by atoms with Crippen LogP contribution in [0.3, 0.4) is 0 Å². The van der Waals surface area contributed by atoms with Crippen LogP contribution in [0, 0.1) is 0 Å². The lowest BCUT2D eigenvalue weighted by Gasteiger charge is -2.37. The average molecular weight is 538 g/mol. The van der Waals surface area contributed by atoms with E-state index in [4.69, 9.17) is 9.47 Å². The largest absolute Gasteiger partial charge is 0.463 e. The van der Waals surface area contributed by atoms with Crippen LogP contribution in [-0.4, -0.2) is 38.3 Å². The van der Waals surface area contributed by atoms with Gasteiger partial charge in [-0.3, -0.25) is 4.79 Å². The van der Waals surface area contributed by atoms with Gasteiger partial charge >= 0.3 is 5.97 Å². The van der Waals surface area contributed by atoms with Crippen LogP contribution in [0.2, 0.25) is 0 Å². The van der Waals surface area contributed by atoms with E-state index in [1.165, 1.54) is 0 Å². The first-order valence-electron chi connectivity index (χ1n) is 14.3. The Morgan fingerprint density at radius 3 is 2.55 bits per heavy atom. The van der Waals surface area contributed by atoms with Crippen LogP contribution in [0.4, 0.5) is 0 Å². The van der Waals surface area contributed by atoms with Crippen LogP contribution in [0.1, 0.15) is 68.1 Å². The molecular weight excluding hydrogens is 506 g/mol. The summed E-state index contributed by atoms with van der Waals surface area (Å²) in [6.07, 6.45) is 3.28. The average Bonchev–Trinajstić information content (AvgIpc) is 3.65. The highest BCUT2D eigenvalue weighted by molar-refractivity contribution is 6.31. The number of esters is 1. The van der Waals surface area contributed by atoms with Gasteiger partial charge in [0.1, 0.15) is 6.23 Å². The van der Waals surface area contributed by atoms with E-state index in [-0.39, 0.29) is 18.9 Å². The Bertz CT molecular complexity index is 1920. The molecule has 0 aliphatic carbocycles. The lowest BCUT2D eigenvalue weighted by Crippen LogP contribution is -2.56. The monoisotopic (exact) mass is 537 g/mol. The van der Waals surface area contributed by atoms with Crippen LogP contribution in [0.15, 0.2) is 48.5 Å². The molecule has 2 aromatic heterocycles. The molecule has 0 spiro atoms. The molecule has 8 rings (SSSR count). The maximum atomic E-state index is 13.8. The minimum absolute atomic E-state index is 0.0296. The number of nitrogens with zero attached hydrogens (tertiary/aromatic N) is 2. The van der Waals surface area contributed by atoms with E-state index in [1.807, 2.05) is 53.1 Å². The first-order valence-corrected chi connectivity index (χ1v) is 14.3. The number of amides is 1. The Morgan fingerprint density at radius 2 is 1.77 bits per heavy atom. The van der Waals surface area contributed by atoms with Crippen molar-refractivity contribution in [2.24, 2.45) is 0 Å². The third-order valence-corrected chi connectivity index (χ3v) is 9.40. The lowest BCUT2D eigenvalue weighted by molar-refractivity contribution is -0.204. The second-order valence-corrected chi connectivity index (χ2v) is 11.5. The summed E-state index contributed by atoms with van der Waals surface area (Å²) in [6, 6.07) is 16.0. The normalized spacial score (nSPS) is 24.9. The number of para-hydroxylation sites is 2. The van der Waals surface area contributed by atoms with Crippen molar-refractivity contribution < 1.29 is 24.2 Å². The summed E-state index contributed by atoms with van der Waals surface area (Å²) in [5.74, 6) is -0.740. The number of nitrogens with one attached hydrogen (secondary N) is 1. The molecule has 8 heteroatoms. The Morgan fingerprint density at radius 1 is 1.05 bits per heavy atom. The van der Waals surface area contributed by atoms with Crippen LogP contribution in [-0.2, 0) is 26.5 Å². The predicted octanol–water partition coefficient (Wildman–Crippen LogP) is 5.61. The number of hydrogen-bond donors (Lipinski definition) is 2. The summed E-state index contributed by atoms with van der Waals surface area (Å²) in [6.45, 7) is 4.61. The number of aromatic nitrogens is 2. The molecule has 5 heterocycles. The highest BCUT2D eigenvalue weighted by Gasteiger charge is 2.66. The van der Waals surface area contributed by atoms with Crippen molar-refractivity contribution in [2.75, 3.05) is 6.61 Å². The molecule has 1 amide bonds. The van der Waals surface area contributed by atoms with E-state index in [2.05, 4.69) is 16.8 Å². The molecule has 5 aromatic rings. The summed E-state index contributed by atoms with van der Waals surface area (Å²) in [5, 5.41) is 19.2. The van der Waals surface area contributed by atoms with Gasteiger partial charge in [-0.15, -0.1) is 0 Å². The number of rotatable bonds is 6. The fourth-order valence-electron chi connectivity index (χ4n) is 7.53. The predicted molar refractivity (Wildman–Crippen MR) is 152 cm³/mol. The van der Waals surface area contributed by atoms with Gasteiger partial charge in [0, 0.05) is 34.5 Å². The van der Waals surface area contributed by atoms with Gasteiger partial charge in [-0.05, 0) is 31.0 Å². The van der Waals surface area contributed by atoms with Gasteiger partial charge in [0.05, 0.1) is 34.2 Å². The fourth-order valence-corrected chi connectivity index (χ4v) is 7.53. The number of aliphatic hydroxyl groups is 1. The zero-order valence-electron chi connectivity index (χ0n) is 22.6. The van der Waals surface area contributed by atoms with Crippen molar-refractivity contribution in [3.63, 3.8) is 0 Å². The quantitative estimate of drug-likeness (QED) is 0.217. The Labute approximate surface area is 230 Å². The number of hydrogen-bond acceptors (Lipinski definition) is 5. The number of benzene rings is 3. The van der Waals surface area contributed by atoms with Crippen LogP contribution >= 0.6 is 0 Å². The van der Waals surface area contributed by atoms with E-state index in [1.54, 1.807) is 6.92 Å². The molecule has 1 saturated heterocycles. The summed E-state index contributed by atoms with van der Waals surface area (Å²) >= 11 is 0. The van der Waals surface area contributed by atoms with Gasteiger partial charge in [0.2, 0.25) is 5.60 Å². The molecule has 2 N–H and O–H groups in total. The molecule has 0 saturated carbocycles. The number of fused-ring (bicyclic) bond motifs is 13. The Kier molecular flexibility index (Phi) is 4.84. The Hall–Kier alpha value is -3.88. The van der Waals surface area contributed by atoms with Gasteiger partial charge in [-0.2, -0.15) is 0 Å². The van der Waals surface area contributed by atoms with E-state index in [0.29, 0.717) is 12.1 Å². The number of carbonyl (C=O) groups excluding carboxylic acids is 2. The molecule has 204 valence electrons. The maximum absolute atomic E-state index is 13.8. The second kappa shape index (κ2) is 8.08. The number of unbranched alkanes of at least 4 members (excludes halogenated alkanes) is 3. The zero-order chi connectivity index (χ0) is 27.4. The molecule has 3 unspecified atom stereocenters. The molecule has 8 nitrogen and oxygen atoms in total. The van der Waals surface area contributed by atoms with Crippen molar-refractivity contribution in [3.05, 3.63) is 59.7 Å². The molecular formula is C32H31N3O5. The molecule has 3 aliphatic rings. The van der Waals surface area contributed by atoms with Gasteiger partial charge in [-0.25, -0.2) is 4.79 Å². The van der Waals surface area contributed by atoms with E-state index >= 15 is 0 Å². The van der Waals surface area contributed by atoms with Crippen molar-refractivity contribution in [2.45, 2.75) is 70.1 Å². The van der Waals surface area contributed by atoms with Crippen LogP contribution in [0.5, 0.6) is 0 Å². The topological polar surface area (TPSA) is 94.7 Å². The molecule has 2 bridgehead atoms. The lowest BCUT2D eigenvalue weighted by atomic mass is 9.88. The standard InChI is InChI=1S/C32H31N3O5/c1-3-4-5-10-15-39-30(37)32(38)16-23-34-21-13-8-6-11-18(21)25-26-20(17-33-29(26)36)24-19-12-7-9-14-22(19)35(28(24)27(25)34)31(32,2)40-23/h6-9,11-14,23,38H,3-5,10,15-17H2,1-2H3,(H,33,36). The first-order chi connectivity index (χ1) is 19.4. The van der Waals surface area contributed by atoms with E-state index < -0.39 is 23.5 Å². The third kappa shape index (κ3) is 2.73. The van der Waals surface area contributed by atoms with E-state index in [0.717, 1.165) is 74.9 Å². The van der Waals surface area contributed by atoms with Gasteiger partial charge in [0.15, 0.2) is 5.72 Å². The molecule has 40 heavy (non-hydrogen) atoms. The van der Waals surface area contributed by atoms with Crippen molar-refractivity contribution in [3.8, 4) is 0 Å². The third-order valence-electron chi connectivity index (χ3n) is 9.40. The van der Waals surface area contributed by atoms with Gasteiger partial charge in [-0.1, -0.05) is 62.6 Å². The summed E-state index contributed by atoms with van der Waals surface area (Å²) in [5.41, 5.74) is 1.75. The van der Waals surface area contributed by atoms with Crippen LogP contribution < -0.4 is 5.32 Å². The van der Waals surface area contributed by atoms with Gasteiger partial charge in [0.25, 0.3) is 5.91 Å². The zero-order valence-corrected chi connectivity index (χ0v) is 22.6. The molecule has 3 aliphatic heterocycles. The summed E-state index contributed by atoms with van der Waals surface area (Å²) < 4.78 is 16.7. The highest BCUT2D eigenvalue weighted by atomic mass is 16.6. The Balaban J connectivity index is 1.47. The fraction of sp³-hybridized carbons (Fsp3) is 0.375. The van der Waals surface area contributed by atoms with Gasteiger partial charge < -0.3 is 29.0 Å². The molecule has 1 fully saturated rings. The number of ether oxygens (including phenoxy) is 2. The first kappa shape index (κ1) is 24.0. The van der Waals surface area contributed by atoms with Crippen molar-refractivity contribution in [1.29, 1.82) is 0 Å². The van der Waals surface area contributed by atoms with Crippen molar-refractivity contribution >= 4 is 55.5 Å². The summed E-state index contributed by atoms with van der Waals surface area (Å²) in [4.78, 5) is 27.1. The summed E-state index contributed by atoms with van der Waals surface area (Å²) in [7, 11) is 0. The number of carbonyl (C=O) groups is 2. The highest BCUT2D eigenvalue weighted by Crippen LogP contribution is 2.57. The second-order valence-electron chi connectivity index (χ2n) is 11.5. The molecule has 3 aromatic carbocycles. The maximum Gasteiger partial charge on any atom is 0.343 e. The smallest absolute Gasteiger partial charge is 0.343 e. The molecule has 0 radical (unpaired) electrons. The SMILES string of the molecule is CCCCCCOC(=O)C1(O)CC2OC1(C)n1c3ccccc3c3c4c(c5c6ccccc6n2c5c31)C(=O)NC4. The minimum atomic E-state index is -1.93. The minimum Gasteiger partial charge on any atom is -0.463 e. The van der Waals surface area contributed by atoms with Crippen LogP contribution in [0.25, 0.3) is 43.6 Å². The molecule has 3 atom stereocenters. The van der Waals surface area contributed by atoms with E-state index in [9.17, 15) is 14.7 Å².